The first-order valence-electron chi connectivity index (χ1n) is 14.8. The van der Waals surface area contributed by atoms with Gasteiger partial charge in [0.15, 0.2) is 5.65 Å². The van der Waals surface area contributed by atoms with Crippen LogP contribution in [0.25, 0.3) is 11.2 Å². The Bertz CT molecular complexity index is 1460. The number of aromatic nitrogens is 4. The first-order chi connectivity index (χ1) is 19.8. The number of amides is 1. The minimum atomic E-state index is -0.578. The van der Waals surface area contributed by atoms with Gasteiger partial charge >= 0.3 is 11.1 Å². The van der Waals surface area contributed by atoms with Crippen LogP contribution in [0, 0.1) is 5.92 Å². The number of carbonyl (C=O) groups excluding carboxylic acids is 1. The first kappa shape index (κ1) is 28.9. The molecule has 41 heavy (non-hydrogen) atoms. The molecule has 2 aromatic heterocycles. The number of ether oxygens (including phenoxy) is 1. The third kappa shape index (κ3) is 6.68. The smallest absolute Gasteiger partial charge is 0.318 e. The Morgan fingerprint density at radius 3 is 2.24 bits per heavy atom. The Labute approximate surface area is 239 Å². The maximum atomic E-state index is 12.7. The van der Waals surface area contributed by atoms with Gasteiger partial charge in [0.1, 0.15) is 5.52 Å². The van der Waals surface area contributed by atoms with E-state index in [9.17, 15) is 14.4 Å². The summed E-state index contributed by atoms with van der Waals surface area (Å²) in [7, 11) is 1.55. The molecule has 3 aliphatic rings. The van der Waals surface area contributed by atoms with Crippen molar-refractivity contribution in [1.29, 1.82) is 0 Å². The Morgan fingerprint density at radius 1 is 0.951 bits per heavy atom. The van der Waals surface area contributed by atoms with E-state index in [0.29, 0.717) is 28.4 Å². The molecule has 2 aliphatic carbocycles. The van der Waals surface area contributed by atoms with Gasteiger partial charge in [0, 0.05) is 43.5 Å². The molecule has 1 saturated heterocycles. The molecule has 3 N–H and O–H groups in total. The summed E-state index contributed by atoms with van der Waals surface area (Å²) in [6, 6.07) is 7.44. The van der Waals surface area contributed by atoms with Crippen molar-refractivity contribution in [3.63, 3.8) is 0 Å². The molecule has 1 aromatic carbocycles. The number of hydrogen-bond acceptors (Lipinski definition) is 8. The summed E-state index contributed by atoms with van der Waals surface area (Å²) < 4.78 is 8.18. The van der Waals surface area contributed by atoms with Gasteiger partial charge in [-0.1, -0.05) is 19.8 Å². The molecule has 3 heterocycles. The molecule has 0 radical (unpaired) electrons. The van der Waals surface area contributed by atoms with E-state index in [2.05, 4.69) is 27.1 Å². The number of anilines is 2. The second-order valence-corrected chi connectivity index (χ2v) is 11.5. The Hall–Kier alpha value is -3.57. The topological polar surface area (TPSA) is 137 Å². The molecule has 220 valence electrons. The molecule has 0 unspecified atom stereocenters. The fraction of sp³-hybridized carbons (Fsp3) is 0.567. The third-order valence-electron chi connectivity index (χ3n) is 8.71. The van der Waals surface area contributed by atoms with Crippen molar-refractivity contribution in [2.75, 3.05) is 31.6 Å². The van der Waals surface area contributed by atoms with Gasteiger partial charge in [-0.25, -0.2) is 4.98 Å². The van der Waals surface area contributed by atoms with Gasteiger partial charge in [-0.2, -0.15) is 4.98 Å². The van der Waals surface area contributed by atoms with Gasteiger partial charge in [-0.05, 0) is 68.7 Å². The van der Waals surface area contributed by atoms with Crippen LogP contribution in [0.4, 0.5) is 11.6 Å². The Morgan fingerprint density at radius 2 is 1.61 bits per heavy atom. The Balaban J connectivity index is 0.000000216. The zero-order valence-electron chi connectivity index (χ0n) is 24.1. The molecular formula is C30H41N7O4. The van der Waals surface area contributed by atoms with Crippen molar-refractivity contribution >= 4 is 28.7 Å². The highest BCUT2D eigenvalue weighted by Gasteiger charge is 2.25. The second kappa shape index (κ2) is 12.9. The van der Waals surface area contributed by atoms with Crippen molar-refractivity contribution in [3.8, 4) is 0 Å². The third-order valence-corrected chi connectivity index (χ3v) is 8.71. The number of aryl methyl sites for hydroxylation is 1. The largest absolute Gasteiger partial charge is 0.379 e. The average Bonchev–Trinajstić information content (AvgIpc) is 3.52. The fourth-order valence-corrected chi connectivity index (χ4v) is 6.19. The van der Waals surface area contributed by atoms with E-state index < -0.39 is 17.0 Å². The summed E-state index contributed by atoms with van der Waals surface area (Å²) in [5, 5.41) is 3.06. The van der Waals surface area contributed by atoms with Crippen molar-refractivity contribution in [2.45, 2.75) is 70.4 Å². The first-order valence-corrected chi connectivity index (χ1v) is 14.8. The number of fused-ring (bicyclic) bond motifs is 1. The van der Waals surface area contributed by atoms with Crippen molar-refractivity contribution < 1.29 is 9.53 Å². The van der Waals surface area contributed by atoms with Gasteiger partial charge in [0.2, 0.25) is 11.9 Å². The maximum Gasteiger partial charge on any atom is 0.318 e. The number of nitrogens with one attached hydrogen (secondary N) is 1. The summed E-state index contributed by atoms with van der Waals surface area (Å²) >= 11 is 0. The number of carbonyl (C=O) groups is 1. The van der Waals surface area contributed by atoms with Crippen LogP contribution < -0.4 is 22.2 Å². The Kier molecular flexibility index (Phi) is 9.14. The molecule has 1 amide bonds. The standard InChI is InChI=1S/C19H20N6O3.C11H21NO/c1-24-14-10-21-19(22-12-8-6-11(7-9-12)15(20)26)23-16(14)25(18(28)17(24)27)13-4-2-3-5-13;1-10-2-4-11(5-3-10)12-6-8-13-9-7-12/h6-10,13H,2-5H2,1H3,(H2,20,26)(H,21,22,23);10-11H,2-9H2,1H3. The lowest BCUT2D eigenvalue weighted by atomic mass is 9.86. The zero-order valence-corrected chi connectivity index (χ0v) is 24.1. The molecule has 11 nitrogen and oxygen atoms in total. The number of benzene rings is 1. The van der Waals surface area contributed by atoms with Crippen LogP contribution >= 0.6 is 0 Å². The molecule has 2 saturated carbocycles. The molecule has 3 fully saturated rings. The van der Waals surface area contributed by atoms with Gasteiger partial charge in [0.05, 0.1) is 19.4 Å². The lowest BCUT2D eigenvalue weighted by molar-refractivity contribution is 0.00559. The summed E-state index contributed by atoms with van der Waals surface area (Å²) in [5.41, 5.74) is 6.12. The highest BCUT2D eigenvalue weighted by atomic mass is 16.5. The van der Waals surface area contributed by atoms with Crippen LogP contribution in [-0.2, 0) is 11.8 Å². The van der Waals surface area contributed by atoms with E-state index in [1.54, 1.807) is 31.3 Å². The predicted octanol–water partition coefficient (Wildman–Crippen LogP) is 3.35. The fourth-order valence-electron chi connectivity index (χ4n) is 6.19. The normalized spacial score (nSPS) is 21.8. The number of nitrogens with zero attached hydrogens (tertiary/aromatic N) is 5. The predicted molar refractivity (Wildman–Crippen MR) is 159 cm³/mol. The number of primary amides is 1. The summed E-state index contributed by atoms with van der Waals surface area (Å²) in [6.07, 6.45) is 11.0. The van der Waals surface area contributed by atoms with Crippen LogP contribution in [0.2, 0.25) is 0 Å². The van der Waals surface area contributed by atoms with Crippen molar-refractivity contribution in [3.05, 3.63) is 56.7 Å². The number of hydrogen-bond donors (Lipinski definition) is 2. The average molecular weight is 564 g/mol. The molecule has 0 atom stereocenters. The van der Waals surface area contributed by atoms with Crippen LogP contribution in [0.5, 0.6) is 0 Å². The van der Waals surface area contributed by atoms with Gasteiger partial charge in [-0.15, -0.1) is 0 Å². The van der Waals surface area contributed by atoms with Crippen LogP contribution in [-0.4, -0.2) is 62.3 Å². The SMILES string of the molecule is CC1CCC(N2CCOCC2)CC1.Cn1c(=O)c(=O)n(C2CCCC2)c2nc(Nc3ccc(C(N)=O)cc3)ncc21. The van der Waals surface area contributed by atoms with Crippen LogP contribution in [0.1, 0.15) is 74.7 Å². The van der Waals surface area contributed by atoms with E-state index in [1.165, 1.54) is 54.1 Å². The number of morpholine rings is 1. The van der Waals surface area contributed by atoms with E-state index in [-0.39, 0.29) is 6.04 Å². The van der Waals surface area contributed by atoms with E-state index in [4.69, 9.17) is 10.5 Å². The summed E-state index contributed by atoms with van der Waals surface area (Å²) in [6.45, 7) is 6.62. The minimum Gasteiger partial charge on any atom is -0.379 e. The van der Waals surface area contributed by atoms with Gasteiger partial charge in [-0.3, -0.25) is 23.9 Å². The monoisotopic (exact) mass is 563 g/mol. The zero-order chi connectivity index (χ0) is 28.9. The van der Waals surface area contributed by atoms with E-state index in [1.807, 2.05) is 0 Å². The van der Waals surface area contributed by atoms with E-state index >= 15 is 0 Å². The molecule has 6 rings (SSSR count). The van der Waals surface area contributed by atoms with Crippen molar-refractivity contribution in [1.82, 2.24) is 24.0 Å². The second-order valence-electron chi connectivity index (χ2n) is 11.5. The quantitative estimate of drug-likeness (QED) is 0.451. The minimum absolute atomic E-state index is 0.0264. The number of rotatable bonds is 5. The van der Waals surface area contributed by atoms with Gasteiger partial charge < -0.3 is 20.4 Å². The molecule has 3 aromatic rings. The van der Waals surface area contributed by atoms with Gasteiger partial charge in [0.25, 0.3) is 0 Å². The lowest BCUT2D eigenvalue weighted by Crippen LogP contribution is -2.44. The lowest BCUT2D eigenvalue weighted by Gasteiger charge is -2.38. The van der Waals surface area contributed by atoms with Crippen LogP contribution in [0.3, 0.4) is 0 Å². The highest BCUT2D eigenvalue weighted by Crippen LogP contribution is 2.30. The van der Waals surface area contributed by atoms with E-state index in [0.717, 1.165) is 50.9 Å². The molecule has 1 aliphatic heterocycles. The molecule has 11 heteroatoms. The van der Waals surface area contributed by atoms with Crippen LogP contribution in [0.15, 0.2) is 40.1 Å². The highest BCUT2D eigenvalue weighted by molar-refractivity contribution is 5.93. The molecule has 0 bridgehead atoms. The maximum absolute atomic E-state index is 12.7. The molecule has 0 spiro atoms. The molecular weight excluding hydrogens is 522 g/mol. The summed E-state index contributed by atoms with van der Waals surface area (Å²) in [4.78, 5) is 47.6. The number of nitrogens with two attached hydrogens (primary N) is 1. The summed E-state index contributed by atoms with van der Waals surface area (Å²) in [5.74, 6) is 0.761. The van der Waals surface area contributed by atoms with Crippen molar-refractivity contribution in [2.24, 2.45) is 18.7 Å².